The molecule has 1 heterocycles. The first-order valence-electron chi connectivity index (χ1n) is 12.5. The number of nitro benzene ring substituents is 1. The Hall–Kier alpha value is -4.28. The number of carbonyl (C=O) groups excluding carboxylic acids is 4. The minimum absolute atomic E-state index is 0.0505. The number of rotatable bonds is 9. The molecule has 11 nitrogen and oxygen atoms in total. The van der Waals surface area contributed by atoms with Crippen molar-refractivity contribution < 1.29 is 33.6 Å². The van der Waals surface area contributed by atoms with Crippen molar-refractivity contribution in [2.45, 2.75) is 31.7 Å². The lowest BCUT2D eigenvalue weighted by Gasteiger charge is -2.26. The summed E-state index contributed by atoms with van der Waals surface area (Å²) in [6.45, 7) is -0.757. The molecule has 1 saturated heterocycles. The van der Waals surface area contributed by atoms with Crippen molar-refractivity contribution in [3.63, 3.8) is 0 Å². The fraction of sp³-hybridized carbons (Fsp3) is 0.407. The lowest BCUT2D eigenvalue weighted by atomic mass is 9.81. The predicted molar refractivity (Wildman–Crippen MR) is 133 cm³/mol. The van der Waals surface area contributed by atoms with Gasteiger partial charge in [-0.1, -0.05) is 30.3 Å². The Morgan fingerprint density at radius 1 is 1.08 bits per heavy atom. The predicted octanol–water partition coefficient (Wildman–Crippen LogP) is 2.73. The van der Waals surface area contributed by atoms with E-state index in [4.69, 9.17) is 9.47 Å². The lowest BCUT2D eigenvalue weighted by molar-refractivity contribution is -0.383. The van der Waals surface area contributed by atoms with E-state index in [1.54, 1.807) is 24.3 Å². The zero-order chi connectivity index (χ0) is 27.0. The van der Waals surface area contributed by atoms with Gasteiger partial charge in [0, 0.05) is 18.6 Å². The van der Waals surface area contributed by atoms with E-state index in [-0.39, 0.29) is 47.2 Å². The van der Waals surface area contributed by atoms with Gasteiger partial charge in [0.1, 0.15) is 17.5 Å². The van der Waals surface area contributed by atoms with E-state index in [2.05, 4.69) is 5.32 Å². The molecule has 2 saturated carbocycles. The number of hydrogen-bond acceptors (Lipinski definition) is 8. The first kappa shape index (κ1) is 25.4. The molecule has 0 spiro atoms. The number of fused-ring (bicyclic) bond motifs is 5. The smallest absolute Gasteiger partial charge is 0.330 e. The minimum atomic E-state index is -1.22. The van der Waals surface area contributed by atoms with E-state index in [9.17, 15) is 29.3 Å². The monoisotopic (exact) mass is 521 g/mol. The van der Waals surface area contributed by atoms with E-state index in [0.29, 0.717) is 0 Å². The second-order valence-corrected chi connectivity index (χ2v) is 9.93. The van der Waals surface area contributed by atoms with Gasteiger partial charge in [0.25, 0.3) is 11.6 Å². The van der Waals surface area contributed by atoms with Crippen molar-refractivity contribution >= 4 is 35.1 Å². The summed E-state index contributed by atoms with van der Waals surface area (Å²) in [7, 11) is 1.38. The van der Waals surface area contributed by atoms with Crippen molar-refractivity contribution in [1.29, 1.82) is 0 Å². The molecule has 3 amide bonds. The first-order valence-corrected chi connectivity index (χ1v) is 12.5. The van der Waals surface area contributed by atoms with Gasteiger partial charge in [-0.15, -0.1) is 0 Å². The van der Waals surface area contributed by atoms with Crippen LogP contribution in [-0.2, 0) is 30.3 Å². The number of benzene rings is 2. The number of amides is 3. The first-order chi connectivity index (χ1) is 18.3. The molecule has 0 aromatic heterocycles. The topological polar surface area (TPSA) is 145 Å². The normalized spacial score (nSPS) is 24.2. The van der Waals surface area contributed by atoms with Gasteiger partial charge in [-0.2, -0.15) is 0 Å². The van der Waals surface area contributed by atoms with Crippen LogP contribution in [0.25, 0.3) is 0 Å². The number of likely N-dealkylation sites (tertiary alicyclic amines) is 1. The molecule has 5 atom stereocenters. The van der Waals surface area contributed by atoms with Crippen LogP contribution in [0.1, 0.15) is 24.8 Å². The Morgan fingerprint density at radius 2 is 1.74 bits per heavy atom. The van der Waals surface area contributed by atoms with Crippen molar-refractivity contribution in [1.82, 2.24) is 4.90 Å². The third-order valence-corrected chi connectivity index (χ3v) is 7.84. The van der Waals surface area contributed by atoms with Gasteiger partial charge in [0.2, 0.25) is 11.8 Å². The Labute approximate surface area is 218 Å². The summed E-state index contributed by atoms with van der Waals surface area (Å²) in [6, 6.07) is 11.6. The molecular weight excluding hydrogens is 494 g/mol. The number of ether oxygens (including phenoxy) is 2. The summed E-state index contributed by atoms with van der Waals surface area (Å²) in [5.41, 5.74) is 0.248. The third-order valence-electron chi connectivity index (χ3n) is 7.84. The molecule has 2 aromatic carbocycles. The lowest BCUT2D eigenvalue weighted by Crippen LogP contribution is -2.48. The highest BCUT2D eigenvalue weighted by atomic mass is 16.6. The van der Waals surface area contributed by atoms with Crippen LogP contribution in [0.3, 0.4) is 0 Å². The molecule has 3 aliphatic rings. The molecule has 1 aliphatic heterocycles. The van der Waals surface area contributed by atoms with E-state index >= 15 is 0 Å². The van der Waals surface area contributed by atoms with Gasteiger partial charge in [0.05, 0.1) is 23.9 Å². The maximum atomic E-state index is 13.4. The molecule has 38 heavy (non-hydrogen) atoms. The molecule has 198 valence electrons. The average molecular weight is 522 g/mol. The highest BCUT2D eigenvalue weighted by Crippen LogP contribution is 2.56. The summed E-state index contributed by atoms with van der Waals surface area (Å²) < 4.78 is 10.3. The Bertz CT molecular complexity index is 1270. The van der Waals surface area contributed by atoms with Crippen molar-refractivity contribution in [3.8, 4) is 5.75 Å². The number of anilines is 1. The summed E-state index contributed by atoms with van der Waals surface area (Å²) >= 11 is 0. The quantitative estimate of drug-likeness (QED) is 0.229. The van der Waals surface area contributed by atoms with E-state index in [1.807, 2.05) is 6.07 Å². The SMILES string of the molecule is COc1ccc([N+](=O)[O-])c(NC(=O)COC(=O)[C@H](Cc2ccccc2)N2C(=O)[C@@H]3[C@H]4CC[C@@H](C4)[C@H]3C2=O)c1. The zero-order valence-electron chi connectivity index (χ0n) is 20.7. The third kappa shape index (κ3) is 4.59. The highest BCUT2D eigenvalue weighted by Gasteiger charge is 2.62. The van der Waals surface area contributed by atoms with Gasteiger partial charge in [-0.05, 0) is 42.7 Å². The number of nitro groups is 1. The van der Waals surface area contributed by atoms with Crippen LogP contribution in [-0.4, -0.2) is 53.3 Å². The highest BCUT2D eigenvalue weighted by molar-refractivity contribution is 6.08. The largest absolute Gasteiger partial charge is 0.497 e. The fourth-order valence-corrected chi connectivity index (χ4v) is 6.18. The molecule has 11 heteroatoms. The molecule has 3 fully saturated rings. The van der Waals surface area contributed by atoms with Crippen LogP contribution in [0, 0.1) is 33.8 Å². The van der Waals surface area contributed by atoms with E-state index in [0.717, 1.165) is 29.7 Å². The van der Waals surface area contributed by atoms with Gasteiger partial charge in [-0.25, -0.2) is 4.79 Å². The van der Waals surface area contributed by atoms with Crippen LogP contribution >= 0.6 is 0 Å². The summed E-state index contributed by atoms with van der Waals surface area (Å²) in [5.74, 6) is -2.60. The van der Waals surface area contributed by atoms with E-state index in [1.165, 1.54) is 25.3 Å². The van der Waals surface area contributed by atoms with Gasteiger partial charge in [-0.3, -0.25) is 29.4 Å². The van der Waals surface area contributed by atoms with Crippen LogP contribution in [0.2, 0.25) is 0 Å². The number of carbonyl (C=O) groups is 4. The van der Waals surface area contributed by atoms with Gasteiger partial charge in [0.15, 0.2) is 6.61 Å². The number of methoxy groups -OCH3 is 1. The summed E-state index contributed by atoms with van der Waals surface area (Å²) in [4.78, 5) is 64.4. The Kier molecular flexibility index (Phi) is 6.83. The van der Waals surface area contributed by atoms with Crippen LogP contribution in [0.5, 0.6) is 5.75 Å². The Balaban J connectivity index is 1.32. The molecule has 1 N–H and O–H groups in total. The molecule has 0 unspecified atom stereocenters. The number of nitrogens with zero attached hydrogens (tertiary/aromatic N) is 2. The van der Waals surface area contributed by atoms with Crippen LogP contribution in [0.15, 0.2) is 48.5 Å². The molecule has 2 aliphatic carbocycles. The van der Waals surface area contributed by atoms with Crippen molar-refractivity contribution in [3.05, 3.63) is 64.2 Å². The molecule has 2 bridgehead atoms. The average Bonchev–Trinajstić information content (AvgIpc) is 3.60. The van der Waals surface area contributed by atoms with Crippen molar-refractivity contribution in [2.75, 3.05) is 19.0 Å². The summed E-state index contributed by atoms with van der Waals surface area (Å²) in [5, 5.41) is 13.7. The number of hydrogen-bond donors (Lipinski definition) is 1. The maximum absolute atomic E-state index is 13.4. The number of imide groups is 1. The van der Waals surface area contributed by atoms with Crippen LogP contribution in [0.4, 0.5) is 11.4 Å². The van der Waals surface area contributed by atoms with E-state index < -0.39 is 41.3 Å². The molecule has 5 rings (SSSR count). The minimum Gasteiger partial charge on any atom is -0.497 e. The molecular formula is C27H27N3O8. The molecule has 0 radical (unpaired) electrons. The van der Waals surface area contributed by atoms with Gasteiger partial charge >= 0.3 is 5.97 Å². The number of nitrogens with one attached hydrogen (secondary N) is 1. The second kappa shape index (κ2) is 10.2. The van der Waals surface area contributed by atoms with Gasteiger partial charge < -0.3 is 14.8 Å². The Morgan fingerprint density at radius 3 is 2.34 bits per heavy atom. The standard InChI is InChI=1S/C27H27N3O8/c1-37-18-9-10-20(30(35)36)19(13-18)28-22(31)14-38-27(34)21(11-15-5-3-2-4-6-15)29-25(32)23-16-7-8-17(12-16)24(23)26(29)33/h2-6,9-10,13,16-17,21,23-24H,7-8,11-12,14H2,1H3,(H,28,31)/t16-,17-,21-,23+,24+/m0/s1. The zero-order valence-corrected chi connectivity index (χ0v) is 20.7. The van der Waals surface area contributed by atoms with Crippen molar-refractivity contribution in [2.24, 2.45) is 23.7 Å². The fourth-order valence-electron chi connectivity index (χ4n) is 6.18. The molecule has 2 aromatic rings. The van der Waals surface area contributed by atoms with Crippen LogP contribution < -0.4 is 10.1 Å². The summed E-state index contributed by atoms with van der Waals surface area (Å²) in [6.07, 6.45) is 2.73. The maximum Gasteiger partial charge on any atom is 0.330 e. The second-order valence-electron chi connectivity index (χ2n) is 9.93. The number of esters is 1.